The van der Waals surface area contributed by atoms with Crippen molar-refractivity contribution in [2.24, 2.45) is 0 Å². The Hall–Kier alpha value is -2.53. The lowest BCUT2D eigenvalue weighted by Crippen LogP contribution is -2.26. The minimum Gasteiger partial charge on any atom is -0.506 e. The molecule has 0 aromatic heterocycles. The van der Waals surface area contributed by atoms with Crippen LogP contribution in [0.5, 0.6) is 5.75 Å². The van der Waals surface area contributed by atoms with Gasteiger partial charge in [0.2, 0.25) is 0 Å². The van der Waals surface area contributed by atoms with Crippen LogP contribution in [0.1, 0.15) is 26.3 Å². The van der Waals surface area contributed by atoms with Gasteiger partial charge in [-0.1, -0.05) is 23.7 Å². The highest BCUT2D eigenvalue weighted by Gasteiger charge is 2.14. The van der Waals surface area contributed by atoms with E-state index >= 15 is 0 Å². The minimum atomic E-state index is -0.403. The largest absolute Gasteiger partial charge is 0.506 e. The van der Waals surface area contributed by atoms with Crippen molar-refractivity contribution in [3.8, 4) is 5.75 Å². The summed E-state index contributed by atoms with van der Waals surface area (Å²) in [6, 6.07) is 11.2. The first-order chi connectivity index (χ1) is 10.9. The maximum Gasteiger partial charge on any atom is 0.337 e. The predicted octanol–water partition coefficient (Wildman–Crippen LogP) is 3.10. The number of carbonyl (C=O) groups excluding carboxylic acids is 2. The fourth-order valence-corrected chi connectivity index (χ4v) is 2.25. The number of hydrogen-bond acceptors (Lipinski definition) is 4. The van der Waals surface area contributed by atoms with Gasteiger partial charge in [0.25, 0.3) is 5.91 Å². The van der Waals surface area contributed by atoms with Crippen molar-refractivity contribution in [3.05, 3.63) is 64.2 Å². The molecule has 0 fully saturated rings. The SMILES string of the molecule is COC(=O)c1ccc(CN(C)C(=O)c2ccc(O)c(Cl)c2)cc1. The van der Waals surface area contributed by atoms with E-state index in [1.807, 2.05) is 0 Å². The summed E-state index contributed by atoms with van der Waals surface area (Å²) in [6.07, 6.45) is 0. The van der Waals surface area contributed by atoms with E-state index < -0.39 is 5.97 Å². The summed E-state index contributed by atoms with van der Waals surface area (Å²) < 4.78 is 4.64. The Morgan fingerprint density at radius 2 is 1.74 bits per heavy atom. The Labute approximate surface area is 139 Å². The van der Waals surface area contributed by atoms with E-state index in [9.17, 15) is 14.7 Å². The predicted molar refractivity (Wildman–Crippen MR) is 86.7 cm³/mol. The highest BCUT2D eigenvalue weighted by atomic mass is 35.5. The van der Waals surface area contributed by atoms with Crippen molar-refractivity contribution in [1.82, 2.24) is 4.90 Å². The van der Waals surface area contributed by atoms with Crippen LogP contribution < -0.4 is 0 Å². The molecule has 0 heterocycles. The summed E-state index contributed by atoms with van der Waals surface area (Å²) in [4.78, 5) is 25.2. The van der Waals surface area contributed by atoms with Crippen LogP contribution in [-0.2, 0) is 11.3 Å². The van der Waals surface area contributed by atoms with Gasteiger partial charge >= 0.3 is 5.97 Å². The number of phenolic OH excluding ortho intramolecular Hbond substituents is 1. The molecule has 6 heteroatoms. The third-order valence-electron chi connectivity index (χ3n) is 3.34. The highest BCUT2D eigenvalue weighted by molar-refractivity contribution is 6.32. The van der Waals surface area contributed by atoms with Gasteiger partial charge in [0.1, 0.15) is 5.75 Å². The standard InChI is InChI=1S/C17H16ClNO4/c1-19(16(21)13-7-8-15(20)14(18)9-13)10-11-3-5-12(6-4-11)17(22)23-2/h3-9,20H,10H2,1-2H3. The topological polar surface area (TPSA) is 66.8 Å². The zero-order valence-electron chi connectivity index (χ0n) is 12.7. The molecule has 0 spiro atoms. The van der Waals surface area contributed by atoms with Gasteiger partial charge in [-0.05, 0) is 35.9 Å². The summed E-state index contributed by atoms with van der Waals surface area (Å²) in [5, 5.41) is 9.53. The van der Waals surface area contributed by atoms with Crippen molar-refractivity contribution < 1.29 is 19.4 Å². The van der Waals surface area contributed by atoms with Crippen LogP contribution in [0, 0.1) is 0 Å². The van der Waals surface area contributed by atoms with Gasteiger partial charge in [0, 0.05) is 19.2 Å². The fourth-order valence-electron chi connectivity index (χ4n) is 2.07. The molecule has 23 heavy (non-hydrogen) atoms. The molecule has 0 bridgehead atoms. The Balaban J connectivity index is 2.08. The van der Waals surface area contributed by atoms with Crippen LogP contribution in [0.2, 0.25) is 5.02 Å². The Bertz CT molecular complexity index is 728. The molecule has 2 aromatic rings. The molecule has 1 N–H and O–H groups in total. The Morgan fingerprint density at radius 3 is 2.30 bits per heavy atom. The number of phenols is 1. The summed E-state index contributed by atoms with van der Waals surface area (Å²) in [5.41, 5.74) is 1.72. The summed E-state index contributed by atoms with van der Waals surface area (Å²) in [5.74, 6) is -0.687. The Morgan fingerprint density at radius 1 is 1.13 bits per heavy atom. The number of esters is 1. The lowest BCUT2D eigenvalue weighted by atomic mass is 10.1. The highest BCUT2D eigenvalue weighted by Crippen LogP contribution is 2.24. The zero-order valence-corrected chi connectivity index (χ0v) is 13.5. The van der Waals surface area contributed by atoms with Gasteiger partial charge in [-0.15, -0.1) is 0 Å². The number of benzene rings is 2. The van der Waals surface area contributed by atoms with Gasteiger partial charge in [-0.3, -0.25) is 4.79 Å². The monoisotopic (exact) mass is 333 g/mol. The number of rotatable bonds is 4. The Kier molecular flexibility index (Phi) is 5.24. The second-order valence-electron chi connectivity index (χ2n) is 5.02. The third kappa shape index (κ3) is 4.02. The second-order valence-corrected chi connectivity index (χ2v) is 5.42. The lowest BCUT2D eigenvalue weighted by molar-refractivity contribution is 0.0600. The molecule has 2 aromatic carbocycles. The number of methoxy groups -OCH3 is 1. The van der Waals surface area contributed by atoms with Crippen molar-refractivity contribution in [3.63, 3.8) is 0 Å². The summed E-state index contributed by atoms with van der Waals surface area (Å²) in [6.45, 7) is 0.374. The van der Waals surface area contributed by atoms with Crippen LogP contribution >= 0.6 is 11.6 Å². The molecule has 0 saturated carbocycles. The quantitative estimate of drug-likeness (QED) is 0.873. The molecule has 2 rings (SSSR count). The summed E-state index contributed by atoms with van der Waals surface area (Å²) >= 11 is 5.82. The maximum absolute atomic E-state index is 12.3. The van der Waals surface area contributed by atoms with Gasteiger partial charge in [0.15, 0.2) is 0 Å². The molecule has 1 amide bonds. The van der Waals surface area contributed by atoms with Crippen LogP contribution in [0.25, 0.3) is 0 Å². The van der Waals surface area contributed by atoms with Gasteiger partial charge in [-0.2, -0.15) is 0 Å². The number of hydrogen-bond donors (Lipinski definition) is 1. The van der Waals surface area contributed by atoms with Crippen LogP contribution in [-0.4, -0.2) is 36.0 Å². The number of aromatic hydroxyl groups is 1. The normalized spacial score (nSPS) is 10.2. The van der Waals surface area contributed by atoms with E-state index in [0.29, 0.717) is 17.7 Å². The molecular weight excluding hydrogens is 318 g/mol. The van der Waals surface area contributed by atoms with E-state index in [-0.39, 0.29) is 16.7 Å². The fraction of sp³-hybridized carbons (Fsp3) is 0.176. The van der Waals surface area contributed by atoms with Crippen LogP contribution in [0.4, 0.5) is 0 Å². The molecule has 0 aliphatic carbocycles. The zero-order chi connectivity index (χ0) is 17.0. The van der Waals surface area contributed by atoms with E-state index in [0.717, 1.165) is 5.56 Å². The first-order valence-electron chi connectivity index (χ1n) is 6.83. The number of amides is 1. The van der Waals surface area contributed by atoms with Crippen molar-refractivity contribution in [2.75, 3.05) is 14.2 Å². The average molecular weight is 334 g/mol. The number of halogens is 1. The van der Waals surface area contributed by atoms with E-state index in [1.165, 1.54) is 30.2 Å². The van der Waals surface area contributed by atoms with Crippen LogP contribution in [0.3, 0.4) is 0 Å². The molecular formula is C17H16ClNO4. The van der Waals surface area contributed by atoms with Crippen molar-refractivity contribution >= 4 is 23.5 Å². The molecule has 0 atom stereocenters. The number of ether oxygens (including phenoxy) is 1. The maximum atomic E-state index is 12.3. The minimum absolute atomic E-state index is 0.0655. The van der Waals surface area contributed by atoms with Crippen molar-refractivity contribution in [1.29, 1.82) is 0 Å². The molecule has 120 valence electrons. The van der Waals surface area contributed by atoms with Gasteiger partial charge < -0.3 is 14.7 Å². The van der Waals surface area contributed by atoms with E-state index in [1.54, 1.807) is 31.3 Å². The molecule has 0 radical (unpaired) electrons. The third-order valence-corrected chi connectivity index (χ3v) is 3.64. The molecule has 0 saturated heterocycles. The molecule has 5 nitrogen and oxygen atoms in total. The van der Waals surface area contributed by atoms with E-state index in [4.69, 9.17) is 11.6 Å². The van der Waals surface area contributed by atoms with Crippen molar-refractivity contribution in [2.45, 2.75) is 6.54 Å². The lowest BCUT2D eigenvalue weighted by Gasteiger charge is -2.17. The first kappa shape index (κ1) is 16.8. The molecule has 0 unspecified atom stereocenters. The smallest absolute Gasteiger partial charge is 0.337 e. The van der Waals surface area contributed by atoms with Gasteiger partial charge in [0.05, 0.1) is 17.7 Å². The number of carbonyl (C=O) groups is 2. The van der Waals surface area contributed by atoms with Gasteiger partial charge in [-0.25, -0.2) is 4.79 Å². The molecule has 0 aliphatic rings. The second kappa shape index (κ2) is 7.15. The van der Waals surface area contributed by atoms with Crippen LogP contribution in [0.15, 0.2) is 42.5 Å². The number of nitrogens with zero attached hydrogens (tertiary/aromatic N) is 1. The summed E-state index contributed by atoms with van der Waals surface area (Å²) in [7, 11) is 2.99. The average Bonchev–Trinajstić information content (AvgIpc) is 2.56. The first-order valence-corrected chi connectivity index (χ1v) is 7.21. The molecule has 0 aliphatic heterocycles. The van der Waals surface area contributed by atoms with E-state index in [2.05, 4.69) is 4.74 Å².